The molecule has 0 fully saturated rings. The van der Waals surface area contributed by atoms with Crippen molar-refractivity contribution in [2.75, 3.05) is 18.4 Å². The van der Waals surface area contributed by atoms with Gasteiger partial charge in [0.05, 0.1) is 17.1 Å². The highest BCUT2D eigenvalue weighted by molar-refractivity contribution is 5.86. The Morgan fingerprint density at radius 3 is 3.07 bits per heavy atom. The Labute approximate surface area is 165 Å². The number of nitriles is 1. The average molecular weight is 377 g/mol. The Morgan fingerprint density at radius 1 is 1.32 bits per heavy atom. The molecule has 2 aromatic heterocycles. The van der Waals surface area contributed by atoms with E-state index in [1.54, 1.807) is 0 Å². The lowest BCUT2D eigenvalue weighted by molar-refractivity contribution is 0.556. The molecule has 1 aliphatic rings. The van der Waals surface area contributed by atoms with Gasteiger partial charge in [0.1, 0.15) is 5.82 Å². The van der Waals surface area contributed by atoms with E-state index in [1.807, 2.05) is 23.1 Å². The van der Waals surface area contributed by atoms with Crippen molar-refractivity contribution < 1.29 is 0 Å². The number of anilines is 1. The fourth-order valence-electron chi connectivity index (χ4n) is 3.93. The minimum absolute atomic E-state index is 0.510. The predicted molar refractivity (Wildman–Crippen MR) is 110 cm³/mol. The number of nitrogens with zero attached hydrogens (tertiary/aromatic N) is 5. The molecule has 1 aromatic carbocycles. The highest BCUT2D eigenvalue weighted by Gasteiger charge is 2.20. The number of aryl methyl sites for hydroxylation is 3. The molecule has 7 heteroatoms. The van der Waals surface area contributed by atoms with Crippen LogP contribution >= 0.6 is 0 Å². The third-order valence-corrected chi connectivity index (χ3v) is 5.38. The molecule has 0 saturated carbocycles. The van der Waals surface area contributed by atoms with Gasteiger partial charge in [-0.1, -0.05) is 0 Å². The number of hydrogen-bond acceptors (Lipinski definition) is 5. The van der Waals surface area contributed by atoms with Crippen molar-refractivity contribution in [2.45, 2.75) is 51.7 Å². The van der Waals surface area contributed by atoms with Gasteiger partial charge >= 0.3 is 0 Å². The van der Waals surface area contributed by atoms with Crippen LogP contribution in [0.4, 0.5) is 5.69 Å². The molecule has 3 heterocycles. The molecule has 0 saturated heterocycles. The summed E-state index contributed by atoms with van der Waals surface area (Å²) in [5.74, 6) is 1.10. The molecule has 146 valence electrons. The molecule has 0 aliphatic carbocycles. The number of rotatable bonds is 8. The summed E-state index contributed by atoms with van der Waals surface area (Å²) in [5, 5.41) is 20.0. The molecule has 1 aliphatic heterocycles. The molecular weight excluding hydrogens is 350 g/mol. The van der Waals surface area contributed by atoms with Crippen LogP contribution in [0.25, 0.3) is 11.0 Å². The number of nitrogens with one attached hydrogen (secondary N) is 2. The van der Waals surface area contributed by atoms with Crippen LogP contribution in [0.5, 0.6) is 0 Å². The lowest BCUT2D eigenvalue weighted by Gasteiger charge is -2.24. The van der Waals surface area contributed by atoms with E-state index < -0.39 is 0 Å². The van der Waals surface area contributed by atoms with E-state index in [1.165, 1.54) is 16.8 Å². The molecule has 2 N–H and O–H groups in total. The summed E-state index contributed by atoms with van der Waals surface area (Å²) in [5.41, 5.74) is 4.89. The fraction of sp³-hybridized carbons (Fsp3) is 0.476. The van der Waals surface area contributed by atoms with Gasteiger partial charge in [-0.05, 0) is 38.0 Å². The minimum atomic E-state index is 0.510. The molecule has 7 nitrogen and oxygen atoms in total. The standard InChI is InChI=1S/C21H27N7/c1-16-4-5-17-18(25-16)6-7-19-21(17)26-20(8-14-27-13-3-11-24-27)28(19)15-12-23-10-2-9-22/h3,6-7,11,13,16,23,25H,2,4-5,8,10,12,14-15H2,1H3/t16-/m0/s1. The third kappa shape index (κ3) is 3.87. The fourth-order valence-corrected chi connectivity index (χ4v) is 3.93. The smallest absolute Gasteiger partial charge is 0.111 e. The molecule has 0 unspecified atom stereocenters. The quantitative estimate of drug-likeness (QED) is 0.590. The van der Waals surface area contributed by atoms with Crippen LogP contribution < -0.4 is 10.6 Å². The largest absolute Gasteiger partial charge is 0.382 e. The molecular formula is C21H27N7. The summed E-state index contributed by atoms with van der Waals surface area (Å²) in [4.78, 5) is 5.07. The van der Waals surface area contributed by atoms with Gasteiger partial charge in [0, 0.05) is 68.7 Å². The van der Waals surface area contributed by atoms with E-state index in [-0.39, 0.29) is 0 Å². The molecule has 0 amide bonds. The maximum atomic E-state index is 8.71. The number of imidazole rings is 1. The van der Waals surface area contributed by atoms with E-state index in [0.29, 0.717) is 12.5 Å². The third-order valence-electron chi connectivity index (χ3n) is 5.38. The lowest BCUT2D eigenvalue weighted by Crippen LogP contribution is -2.22. The molecule has 0 bridgehead atoms. The van der Waals surface area contributed by atoms with Gasteiger partial charge in [-0.15, -0.1) is 0 Å². The van der Waals surface area contributed by atoms with Gasteiger partial charge in [0.15, 0.2) is 0 Å². The van der Waals surface area contributed by atoms with Crippen molar-refractivity contribution in [1.82, 2.24) is 24.6 Å². The van der Waals surface area contributed by atoms with Crippen LogP contribution in [0.3, 0.4) is 0 Å². The predicted octanol–water partition coefficient (Wildman–Crippen LogP) is 2.73. The highest BCUT2D eigenvalue weighted by atomic mass is 15.3. The Bertz CT molecular complexity index is 965. The van der Waals surface area contributed by atoms with Gasteiger partial charge in [-0.2, -0.15) is 10.4 Å². The Hall–Kier alpha value is -2.85. The van der Waals surface area contributed by atoms with Crippen molar-refractivity contribution in [3.8, 4) is 6.07 Å². The molecule has 4 rings (SSSR count). The number of fused-ring (bicyclic) bond motifs is 3. The highest BCUT2D eigenvalue weighted by Crippen LogP contribution is 2.32. The van der Waals surface area contributed by atoms with Gasteiger partial charge < -0.3 is 15.2 Å². The maximum absolute atomic E-state index is 8.71. The normalized spacial score (nSPS) is 15.9. The summed E-state index contributed by atoms with van der Waals surface area (Å²) in [6.45, 7) is 5.44. The second kappa shape index (κ2) is 8.44. The van der Waals surface area contributed by atoms with Gasteiger partial charge in [-0.25, -0.2) is 4.98 Å². The van der Waals surface area contributed by atoms with Crippen LogP contribution in [-0.2, 0) is 25.9 Å². The Balaban J connectivity index is 1.62. The van der Waals surface area contributed by atoms with Crippen LogP contribution in [0.15, 0.2) is 30.6 Å². The second-order valence-electron chi connectivity index (χ2n) is 7.40. The first-order valence-corrected chi connectivity index (χ1v) is 10.1. The van der Waals surface area contributed by atoms with Crippen LogP contribution in [0, 0.1) is 11.3 Å². The second-order valence-corrected chi connectivity index (χ2v) is 7.40. The number of aromatic nitrogens is 4. The SMILES string of the molecule is C[C@H]1CCc2c(ccc3c2nc(CCn2cccn2)n3CCNCCC#N)N1. The van der Waals surface area contributed by atoms with Gasteiger partial charge in [0.2, 0.25) is 0 Å². The first-order valence-electron chi connectivity index (χ1n) is 10.1. The summed E-state index contributed by atoms with van der Waals surface area (Å²) >= 11 is 0. The first kappa shape index (κ1) is 18.5. The monoisotopic (exact) mass is 377 g/mol. The van der Waals surface area contributed by atoms with Crippen LogP contribution in [0.1, 0.15) is 31.2 Å². The number of benzene rings is 1. The zero-order valence-corrected chi connectivity index (χ0v) is 16.4. The van der Waals surface area contributed by atoms with Gasteiger partial charge in [-0.3, -0.25) is 4.68 Å². The van der Waals surface area contributed by atoms with Crippen molar-refractivity contribution in [2.24, 2.45) is 0 Å². The average Bonchev–Trinajstić information content (AvgIpc) is 3.33. The lowest BCUT2D eigenvalue weighted by atomic mass is 9.98. The zero-order chi connectivity index (χ0) is 19.3. The Morgan fingerprint density at radius 2 is 2.25 bits per heavy atom. The molecule has 1 atom stereocenters. The topological polar surface area (TPSA) is 83.5 Å². The van der Waals surface area contributed by atoms with Crippen molar-refractivity contribution in [1.29, 1.82) is 5.26 Å². The van der Waals surface area contributed by atoms with E-state index in [9.17, 15) is 0 Å². The molecule has 0 spiro atoms. The van der Waals surface area contributed by atoms with Crippen LogP contribution in [0.2, 0.25) is 0 Å². The van der Waals surface area contributed by atoms with E-state index >= 15 is 0 Å². The van der Waals surface area contributed by atoms with E-state index in [0.717, 1.165) is 56.8 Å². The Kier molecular flexibility index (Phi) is 5.58. The molecule has 28 heavy (non-hydrogen) atoms. The zero-order valence-electron chi connectivity index (χ0n) is 16.4. The van der Waals surface area contributed by atoms with Crippen LogP contribution in [-0.4, -0.2) is 38.5 Å². The van der Waals surface area contributed by atoms with Crippen molar-refractivity contribution in [3.63, 3.8) is 0 Å². The summed E-state index contributed by atoms with van der Waals surface area (Å²) in [6, 6.07) is 9.03. The van der Waals surface area contributed by atoms with Crippen molar-refractivity contribution in [3.05, 3.63) is 42.0 Å². The van der Waals surface area contributed by atoms with E-state index in [2.05, 4.69) is 45.4 Å². The minimum Gasteiger partial charge on any atom is -0.382 e. The molecule has 0 radical (unpaired) electrons. The number of hydrogen-bond donors (Lipinski definition) is 2. The summed E-state index contributed by atoms with van der Waals surface area (Å²) in [6.07, 6.45) is 7.38. The van der Waals surface area contributed by atoms with Crippen molar-refractivity contribution >= 4 is 16.7 Å². The first-order chi connectivity index (χ1) is 13.8. The summed E-state index contributed by atoms with van der Waals surface area (Å²) < 4.78 is 4.28. The molecule has 3 aromatic rings. The van der Waals surface area contributed by atoms with Gasteiger partial charge in [0.25, 0.3) is 0 Å². The maximum Gasteiger partial charge on any atom is 0.111 e. The summed E-state index contributed by atoms with van der Waals surface area (Å²) in [7, 11) is 0. The van der Waals surface area contributed by atoms with E-state index in [4.69, 9.17) is 10.2 Å².